The molecular formula is C54H50N4O9Si. The minimum atomic E-state index is -3.21. The summed E-state index contributed by atoms with van der Waals surface area (Å²) in [6, 6.07) is 41.5. The average Bonchev–Trinajstić information content (AvgIpc) is 3.95. The molecule has 5 atom stereocenters. The summed E-state index contributed by atoms with van der Waals surface area (Å²) in [6.45, 7) is 5.98. The third-order valence-corrected chi connectivity index (χ3v) is 16.8. The highest BCUT2D eigenvalue weighted by atomic mass is 28.4. The maximum absolute atomic E-state index is 15.8. The number of fused-ring (bicyclic) bond motifs is 6. The second-order valence-corrected chi connectivity index (χ2v) is 22.8. The van der Waals surface area contributed by atoms with Crippen LogP contribution in [0.5, 0.6) is 23.0 Å². The van der Waals surface area contributed by atoms with Gasteiger partial charge in [0.05, 0.1) is 59.9 Å². The van der Waals surface area contributed by atoms with Crippen LogP contribution in [0.3, 0.4) is 0 Å². The Kier molecular flexibility index (Phi) is 10.6. The number of ether oxygens (including phenoxy) is 3. The molecular weight excluding hydrogens is 877 g/mol. The summed E-state index contributed by atoms with van der Waals surface area (Å²) in [6.07, 6.45) is 0.535. The lowest BCUT2D eigenvalue weighted by atomic mass is 9.82. The van der Waals surface area contributed by atoms with E-state index in [1.54, 1.807) is 62.1 Å². The second kappa shape index (κ2) is 16.6. The molecule has 0 unspecified atom stereocenters. The molecule has 6 aromatic rings. The van der Waals surface area contributed by atoms with Gasteiger partial charge in [-0.2, -0.15) is 0 Å². The molecule has 11 rings (SSSR count). The zero-order chi connectivity index (χ0) is 47.1. The first-order valence-corrected chi connectivity index (χ1v) is 26.2. The minimum Gasteiger partial charge on any atom is -0.454 e. The fourth-order valence-corrected chi connectivity index (χ4v) is 13.9. The maximum Gasteiger partial charge on any atom is 0.266 e. The summed E-state index contributed by atoms with van der Waals surface area (Å²) < 4.78 is 19.8. The Balaban J connectivity index is 1.03. The largest absolute Gasteiger partial charge is 0.454 e. The van der Waals surface area contributed by atoms with Gasteiger partial charge in [0.15, 0.2) is 25.4 Å². The van der Waals surface area contributed by atoms with E-state index in [0.717, 1.165) is 6.42 Å². The number of carbonyl (C=O) groups is 4. The molecule has 1 spiro atoms. The molecule has 0 saturated carbocycles. The van der Waals surface area contributed by atoms with Crippen molar-refractivity contribution < 1.29 is 43.3 Å². The number of amides is 4. The van der Waals surface area contributed by atoms with Crippen molar-refractivity contribution in [3.05, 3.63) is 162 Å². The molecule has 13 nitrogen and oxygen atoms in total. The third kappa shape index (κ3) is 6.92. The van der Waals surface area contributed by atoms with E-state index in [4.69, 9.17) is 14.2 Å². The van der Waals surface area contributed by atoms with E-state index in [9.17, 15) is 24.3 Å². The van der Waals surface area contributed by atoms with Crippen molar-refractivity contribution in [1.29, 1.82) is 0 Å². The monoisotopic (exact) mass is 926 g/mol. The van der Waals surface area contributed by atoms with E-state index < -0.39 is 31.5 Å². The maximum atomic E-state index is 15.8. The number of aliphatic hydroxyl groups is 1. The first-order valence-electron chi connectivity index (χ1n) is 23.1. The van der Waals surface area contributed by atoms with Crippen LogP contribution >= 0.6 is 0 Å². The molecule has 5 aliphatic heterocycles. The van der Waals surface area contributed by atoms with Crippen LogP contribution in [-0.4, -0.2) is 72.0 Å². The van der Waals surface area contributed by atoms with Crippen molar-refractivity contribution in [3.63, 3.8) is 0 Å². The van der Waals surface area contributed by atoms with Gasteiger partial charge in [0.1, 0.15) is 11.5 Å². The van der Waals surface area contributed by atoms with Crippen LogP contribution in [0.25, 0.3) is 0 Å². The zero-order valence-corrected chi connectivity index (χ0v) is 38.9. The lowest BCUT2D eigenvalue weighted by Crippen LogP contribution is -2.46. The smallest absolute Gasteiger partial charge is 0.266 e. The van der Waals surface area contributed by atoms with E-state index in [2.05, 4.69) is 0 Å². The average molecular weight is 927 g/mol. The molecule has 0 aromatic heterocycles. The Morgan fingerprint density at radius 2 is 1.28 bits per heavy atom. The minimum absolute atomic E-state index is 0.0699. The predicted octanol–water partition coefficient (Wildman–Crippen LogP) is 9.57. The number of hydrogen-bond donors (Lipinski definition) is 2. The number of carbonyl (C=O) groups excluding carboxylic acids is 4. The van der Waals surface area contributed by atoms with E-state index in [-0.39, 0.29) is 49.2 Å². The summed E-state index contributed by atoms with van der Waals surface area (Å²) in [5.74, 6) is 0.0465. The van der Waals surface area contributed by atoms with Gasteiger partial charge in [-0.1, -0.05) is 67.6 Å². The van der Waals surface area contributed by atoms with Crippen molar-refractivity contribution in [3.8, 4) is 23.0 Å². The van der Waals surface area contributed by atoms with Gasteiger partial charge >= 0.3 is 0 Å². The topological polar surface area (TPSA) is 149 Å². The molecule has 2 fully saturated rings. The lowest BCUT2D eigenvalue weighted by molar-refractivity contribution is -0.150. The van der Waals surface area contributed by atoms with Crippen LogP contribution in [0, 0.1) is 5.92 Å². The molecule has 14 heteroatoms. The highest BCUT2D eigenvalue weighted by Crippen LogP contribution is 2.61. The van der Waals surface area contributed by atoms with Crippen LogP contribution < -0.4 is 24.2 Å². The number of likely N-dealkylation sites (tertiary alicyclic amines) is 1. The Morgan fingerprint density at radius 3 is 1.88 bits per heavy atom. The highest BCUT2D eigenvalue weighted by molar-refractivity contribution is 6.71. The van der Waals surface area contributed by atoms with Gasteiger partial charge in [0.25, 0.3) is 17.7 Å². The van der Waals surface area contributed by atoms with Gasteiger partial charge < -0.3 is 33.9 Å². The van der Waals surface area contributed by atoms with Gasteiger partial charge in [-0.25, -0.2) is 0 Å². The Bertz CT molecular complexity index is 3050. The molecule has 4 amide bonds. The predicted molar refractivity (Wildman–Crippen MR) is 259 cm³/mol. The van der Waals surface area contributed by atoms with E-state index in [0.29, 0.717) is 86.7 Å². The molecule has 0 radical (unpaired) electrons. The second-order valence-electron chi connectivity index (χ2n) is 18.8. The fourth-order valence-electron chi connectivity index (χ4n) is 11.3. The zero-order valence-electron chi connectivity index (χ0n) is 37.9. The number of para-hydroxylation sites is 6. The van der Waals surface area contributed by atoms with Crippen LogP contribution in [0.1, 0.15) is 58.0 Å². The normalized spacial score (nSPS) is 22.8. The Labute approximate surface area is 394 Å². The molecule has 68 heavy (non-hydrogen) atoms. The van der Waals surface area contributed by atoms with Gasteiger partial charge in [-0.15, -0.1) is 0 Å². The Hall–Kier alpha value is -7.10. The summed E-state index contributed by atoms with van der Waals surface area (Å²) in [5.41, 5.74) is 2.38. The first kappa shape index (κ1) is 43.5. The van der Waals surface area contributed by atoms with Crippen molar-refractivity contribution in [2.75, 3.05) is 27.9 Å². The van der Waals surface area contributed by atoms with Gasteiger partial charge in [0.2, 0.25) is 5.91 Å². The van der Waals surface area contributed by atoms with Crippen LogP contribution in [-0.2, 0) is 26.5 Å². The summed E-state index contributed by atoms with van der Waals surface area (Å²) in [7, 11) is -3.21. The summed E-state index contributed by atoms with van der Waals surface area (Å²) in [4.78, 5) is 77.9. The van der Waals surface area contributed by atoms with Gasteiger partial charge in [-0.3, -0.25) is 29.0 Å². The van der Waals surface area contributed by atoms with Crippen LogP contribution in [0.2, 0.25) is 18.6 Å². The first-order chi connectivity index (χ1) is 32.9. The number of nitrogens with zero attached hydrogens (tertiary/aromatic N) is 4. The molecule has 0 aliphatic carbocycles. The van der Waals surface area contributed by atoms with E-state index in [1.807, 2.05) is 117 Å². The summed E-state index contributed by atoms with van der Waals surface area (Å²) >= 11 is 0. The van der Waals surface area contributed by atoms with Crippen LogP contribution in [0.4, 0.5) is 28.4 Å². The van der Waals surface area contributed by atoms with Crippen molar-refractivity contribution in [1.82, 2.24) is 4.90 Å². The highest BCUT2D eigenvalue weighted by Gasteiger charge is 2.66. The Morgan fingerprint density at radius 1 is 0.706 bits per heavy atom. The number of anilines is 5. The quantitative estimate of drug-likeness (QED) is 0.142. The molecule has 344 valence electrons. The fraction of sp³-hybridized carbons (Fsp3) is 0.259. The van der Waals surface area contributed by atoms with Crippen molar-refractivity contribution in [2.24, 2.45) is 5.92 Å². The third-order valence-electron chi connectivity index (χ3n) is 14.3. The standard InChI is InChI=1S/C54H50N4O9Si/c1-33-50(68(2,3)64)48(30-49(60)55-27-13-16-37(55)32-59)67-54(33)40-29-36(58-43-20-7-11-24-47(43)66-45-22-9-5-18-39(45)52(58)62)25-26-41(40)56(53(54)63)31-34-14-12-15-35(28-34)57-42-19-6-10-23-46(42)65-44-21-8-4-17-38(44)51(57)61/h4-12,14-15,17-26,28-29,33,37,48,50,59,64H,13,16,27,30-32H2,1-3H3/t33-,37+,48+,50-,54+/m1/s1. The molecule has 2 N–H and O–H groups in total. The molecule has 2 saturated heterocycles. The van der Waals surface area contributed by atoms with Crippen molar-refractivity contribution >= 4 is 60.4 Å². The van der Waals surface area contributed by atoms with E-state index in [1.165, 1.54) is 0 Å². The molecule has 0 bridgehead atoms. The number of hydrogen-bond acceptors (Lipinski definition) is 9. The van der Waals surface area contributed by atoms with E-state index >= 15 is 4.79 Å². The number of aliphatic hydroxyl groups excluding tert-OH is 1. The number of rotatable bonds is 8. The SMILES string of the molecule is C[C@@H]1[C@@H]([Si](C)(C)O)[C@H](CC(=O)N2CCC[C@H]2CO)O[C@@]12C(=O)N(Cc1cccc(N3C(=O)c4ccccc4Oc4ccccc43)c1)c1ccc(N3C(=O)c4ccccc4Oc4ccccc43)cc12. The van der Waals surface area contributed by atoms with Gasteiger partial charge in [-0.05, 0) is 110 Å². The van der Waals surface area contributed by atoms with Gasteiger partial charge in [0, 0.05) is 34.9 Å². The summed E-state index contributed by atoms with van der Waals surface area (Å²) in [5, 5.41) is 10.1. The lowest BCUT2D eigenvalue weighted by Gasteiger charge is -2.33. The number of benzene rings is 6. The van der Waals surface area contributed by atoms with Crippen molar-refractivity contribution in [2.45, 2.75) is 69.1 Å². The molecule has 6 aromatic carbocycles. The molecule has 5 aliphatic rings. The van der Waals surface area contributed by atoms with Crippen LogP contribution in [0.15, 0.2) is 140 Å². The molecule has 5 heterocycles.